The van der Waals surface area contributed by atoms with Crippen LogP contribution in [0, 0.1) is 6.92 Å². The molecule has 0 aliphatic carbocycles. The summed E-state index contributed by atoms with van der Waals surface area (Å²) in [6.45, 7) is 3.52. The third-order valence-corrected chi connectivity index (χ3v) is 3.84. The fourth-order valence-corrected chi connectivity index (χ4v) is 2.59. The number of hydrogen-bond donors (Lipinski definition) is 0. The summed E-state index contributed by atoms with van der Waals surface area (Å²) in [5.41, 5.74) is 3.31. The van der Waals surface area contributed by atoms with E-state index in [9.17, 15) is 4.79 Å². The summed E-state index contributed by atoms with van der Waals surface area (Å²) in [4.78, 5) is 18.3. The minimum atomic E-state index is -0.283. The third kappa shape index (κ3) is 4.22. The Hall–Kier alpha value is -2.56. The van der Waals surface area contributed by atoms with Gasteiger partial charge in [0.05, 0.1) is 12.0 Å². The minimum absolute atomic E-state index is 0.179. The maximum atomic E-state index is 12.0. The van der Waals surface area contributed by atoms with E-state index in [4.69, 9.17) is 9.15 Å². The van der Waals surface area contributed by atoms with Crippen molar-refractivity contribution in [2.45, 2.75) is 26.4 Å². The number of piperidine rings is 1. The number of rotatable bonds is 3. The molecule has 0 saturated carbocycles. The van der Waals surface area contributed by atoms with Crippen molar-refractivity contribution in [2.24, 2.45) is 0 Å². The van der Waals surface area contributed by atoms with Crippen molar-refractivity contribution in [2.75, 3.05) is 13.1 Å². The molecule has 1 saturated heterocycles. The Labute approximate surface area is 135 Å². The fourth-order valence-electron chi connectivity index (χ4n) is 2.59. The van der Waals surface area contributed by atoms with Crippen LogP contribution in [0.4, 0.5) is 4.79 Å². The molecule has 1 aliphatic rings. The Morgan fingerprint density at radius 2 is 2.13 bits per heavy atom. The molecule has 0 N–H and O–H groups in total. The normalized spacial score (nSPS) is 14.7. The highest BCUT2D eigenvalue weighted by molar-refractivity contribution is 5.68. The highest BCUT2D eigenvalue weighted by Gasteiger charge is 2.20. The van der Waals surface area contributed by atoms with E-state index < -0.39 is 0 Å². The standard InChI is InChI=1S/C18H20N2O3/c1-14-4-2-5-16(19-14)12-15-7-9-20(10-8-15)18(21)23-13-17-6-3-11-22-17/h2-6,11-12H,7-10,13H2,1H3. The number of hydrogen-bond acceptors (Lipinski definition) is 4. The fraction of sp³-hybridized carbons (Fsp3) is 0.333. The van der Waals surface area contributed by atoms with Crippen molar-refractivity contribution in [3.05, 3.63) is 59.3 Å². The Balaban J connectivity index is 1.50. The molecule has 0 bridgehead atoms. The molecule has 120 valence electrons. The zero-order valence-corrected chi connectivity index (χ0v) is 13.2. The molecule has 1 fully saturated rings. The molecule has 1 amide bonds. The summed E-state index contributed by atoms with van der Waals surface area (Å²) >= 11 is 0. The Kier molecular flexibility index (Phi) is 4.76. The second-order valence-corrected chi connectivity index (χ2v) is 5.63. The molecule has 5 nitrogen and oxygen atoms in total. The lowest BCUT2D eigenvalue weighted by Crippen LogP contribution is -2.36. The number of aromatic nitrogens is 1. The molecule has 0 aromatic carbocycles. The zero-order valence-electron chi connectivity index (χ0n) is 13.2. The van der Waals surface area contributed by atoms with Crippen LogP contribution in [0.3, 0.4) is 0 Å². The van der Waals surface area contributed by atoms with Crippen LogP contribution < -0.4 is 0 Å². The molecule has 0 radical (unpaired) electrons. The van der Waals surface area contributed by atoms with Crippen molar-refractivity contribution in [3.8, 4) is 0 Å². The summed E-state index contributed by atoms with van der Waals surface area (Å²) in [5.74, 6) is 0.654. The van der Waals surface area contributed by atoms with Gasteiger partial charge in [0.1, 0.15) is 5.76 Å². The van der Waals surface area contributed by atoms with Crippen LogP contribution in [0.15, 0.2) is 46.6 Å². The van der Waals surface area contributed by atoms with E-state index in [1.807, 2.05) is 25.1 Å². The molecule has 1 aliphatic heterocycles. The van der Waals surface area contributed by atoms with E-state index in [1.54, 1.807) is 23.3 Å². The molecule has 3 heterocycles. The summed E-state index contributed by atoms with van der Waals surface area (Å²) < 4.78 is 10.4. The van der Waals surface area contributed by atoms with E-state index in [2.05, 4.69) is 11.1 Å². The predicted octanol–water partition coefficient (Wildman–Crippen LogP) is 3.80. The van der Waals surface area contributed by atoms with Crippen LogP contribution in [-0.4, -0.2) is 29.1 Å². The molecular formula is C18H20N2O3. The lowest BCUT2D eigenvalue weighted by molar-refractivity contribution is 0.0876. The topological polar surface area (TPSA) is 55.6 Å². The van der Waals surface area contributed by atoms with Crippen LogP contribution in [0.25, 0.3) is 6.08 Å². The number of ether oxygens (including phenoxy) is 1. The average molecular weight is 312 g/mol. The molecule has 23 heavy (non-hydrogen) atoms. The first-order valence-electron chi connectivity index (χ1n) is 7.78. The Morgan fingerprint density at radius 3 is 2.83 bits per heavy atom. The summed E-state index contributed by atoms with van der Waals surface area (Å²) in [6, 6.07) is 9.57. The highest BCUT2D eigenvalue weighted by atomic mass is 16.6. The quantitative estimate of drug-likeness (QED) is 0.865. The molecule has 0 unspecified atom stereocenters. The largest absolute Gasteiger partial charge is 0.466 e. The second kappa shape index (κ2) is 7.13. The van der Waals surface area contributed by atoms with Crippen molar-refractivity contribution in [3.63, 3.8) is 0 Å². The van der Waals surface area contributed by atoms with E-state index in [0.29, 0.717) is 18.8 Å². The van der Waals surface area contributed by atoms with Gasteiger partial charge < -0.3 is 14.1 Å². The van der Waals surface area contributed by atoms with Crippen molar-refractivity contribution in [1.82, 2.24) is 9.88 Å². The number of carbonyl (C=O) groups is 1. The molecule has 0 spiro atoms. The number of likely N-dealkylation sites (tertiary alicyclic amines) is 1. The van der Waals surface area contributed by atoms with E-state index in [0.717, 1.165) is 24.2 Å². The average Bonchev–Trinajstić information content (AvgIpc) is 3.07. The number of amides is 1. The van der Waals surface area contributed by atoms with Crippen molar-refractivity contribution < 1.29 is 13.9 Å². The van der Waals surface area contributed by atoms with Gasteiger partial charge in [-0.3, -0.25) is 4.98 Å². The Bertz CT molecular complexity index is 682. The molecular weight excluding hydrogens is 292 g/mol. The molecule has 2 aromatic rings. The number of furan rings is 1. The first-order valence-corrected chi connectivity index (χ1v) is 7.78. The van der Waals surface area contributed by atoms with E-state index in [-0.39, 0.29) is 12.7 Å². The van der Waals surface area contributed by atoms with E-state index >= 15 is 0 Å². The smallest absolute Gasteiger partial charge is 0.410 e. The van der Waals surface area contributed by atoms with Crippen LogP contribution >= 0.6 is 0 Å². The van der Waals surface area contributed by atoms with Crippen LogP contribution in [0.1, 0.15) is 30.0 Å². The van der Waals surface area contributed by atoms with Crippen molar-refractivity contribution in [1.29, 1.82) is 0 Å². The maximum absolute atomic E-state index is 12.0. The molecule has 5 heteroatoms. The first-order chi connectivity index (χ1) is 11.2. The van der Waals surface area contributed by atoms with Gasteiger partial charge in [-0.25, -0.2) is 4.79 Å². The summed E-state index contributed by atoms with van der Waals surface area (Å²) in [5, 5.41) is 0. The van der Waals surface area contributed by atoms with E-state index in [1.165, 1.54) is 5.57 Å². The van der Waals surface area contributed by atoms with Gasteiger partial charge in [0.2, 0.25) is 0 Å². The van der Waals surface area contributed by atoms with Gasteiger partial charge in [0, 0.05) is 18.8 Å². The van der Waals surface area contributed by atoms with Gasteiger partial charge >= 0.3 is 6.09 Å². The number of nitrogens with zero attached hydrogens (tertiary/aromatic N) is 2. The van der Waals surface area contributed by atoms with Gasteiger partial charge in [-0.05, 0) is 50.1 Å². The monoisotopic (exact) mass is 312 g/mol. The number of carbonyl (C=O) groups excluding carboxylic acids is 1. The first kappa shape index (κ1) is 15.3. The summed E-state index contributed by atoms with van der Waals surface area (Å²) in [7, 11) is 0. The van der Waals surface area contributed by atoms with Crippen molar-refractivity contribution >= 4 is 12.2 Å². The van der Waals surface area contributed by atoms with Crippen LogP contribution in [0.5, 0.6) is 0 Å². The molecule has 2 aromatic heterocycles. The highest BCUT2D eigenvalue weighted by Crippen LogP contribution is 2.19. The SMILES string of the molecule is Cc1cccc(C=C2CCN(C(=O)OCc3ccco3)CC2)n1. The number of aryl methyl sites for hydroxylation is 1. The van der Waals surface area contributed by atoms with Crippen LogP contribution in [0.2, 0.25) is 0 Å². The van der Waals surface area contributed by atoms with Gasteiger partial charge in [-0.2, -0.15) is 0 Å². The number of pyridine rings is 1. The predicted molar refractivity (Wildman–Crippen MR) is 86.7 cm³/mol. The summed E-state index contributed by atoms with van der Waals surface area (Å²) in [6.07, 6.45) is 5.12. The molecule has 3 rings (SSSR count). The van der Waals surface area contributed by atoms with Gasteiger partial charge in [0.15, 0.2) is 6.61 Å². The van der Waals surface area contributed by atoms with Gasteiger partial charge in [-0.15, -0.1) is 0 Å². The van der Waals surface area contributed by atoms with Gasteiger partial charge in [0.25, 0.3) is 0 Å². The minimum Gasteiger partial charge on any atom is -0.466 e. The third-order valence-electron chi connectivity index (χ3n) is 3.84. The zero-order chi connectivity index (χ0) is 16.1. The second-order valence-electron chi connectivity index (χ2n) is 5.63. The lowest BCUT2D eigenvalue weighted by Gasteiger charge is -2.27. The molecule has 0 atom stereocenters. The van der Waals surface area contributed by atoms with Crippen LogP contribution in [-0.2, 0) is 11.3 Å². The van der Waals surface area contributed by atoms with Gasteiger partial charge in [-0.1, -0.05) is 11.6 Å². The Morgan fingerprint density at radius 1 is 1.30 bits per heavy atom. The maximum Gasteiger partial charge on any atom is 0.410 e. The lowest BCUT2D eigenvalue weighted by atomic mass is 10.0.